The predicted octanol–water partition coefficient (Wildman–Crippen LogP) is 5.19. The first-order valence-electron chi connectivity index (χ1n) is 10.8. The van der Waals surface area contributed by atoms with Gasteiger partial charge in [0.2, 0.25) is 0 Å². The average Bonchev–Trinajstić information content (AvgIpc) is 2.80. The highest BCUT2D eigenvalue weighted by Gasteiger charge is 2.26. The second kappa shape index (κ2) is 9.77. The van der Waals surface area contributed by atoms with Gasteiger partial charge in [-0.15, -0.1) is 0 Å². The van der Waals surface area contributed by atoms with Crippen LogP contribution in [-0.4, -0.2) is 30.6 Å². The lowest BCUT2D eigenvalue weighted by atomic mass is 9.96. The molecule has 1 saturated heterocycles. The van der Waals surface area contributed by atoms with Crippen LogP contribution >= 0.6 is 0 Å². The largest absolute Gasteiger partial charge is 0.489 e. The molecule has 0 atom stereocenters. The van der Waals surface area contributed by atoms with Gasteiger partial charge < -0.3 is 9.47 Å². The van der Waals surface area contributed by atoms with Crippen LogP contribution in [0, 0.1) is 5.92 Å². The van der Waals surface area contributed by atoms with Gasteiger partial charge in [0.15, 0.2) is 0 Å². The number of hydrogen-bond donors (Lipinski definition) is 0. The van der Waals surface area contributed by atoms with Crippen molar-refractivity contribution in [2.75, 3.05) is 19.7 Å². The van der Waals surface area contributed by atoms with Gasteiger partial charge in [-0.1, -0.05) is 60.7 Å². The minimum Gasteiger partial charge on any atom is -0.489 e. The lowest BCUT2D eigenvalue weighted by molar-refractivity contribution is -0.149. The number of esters is 1. The highest BCUT2D eigenvalue weighted by Crippen LogP contribution is 2.31. The second-order valence-corrected chi connectivity index (χ2v) is 7.84. The Kier molecular flexibility index (Phi) is 6.65. The molecule has 0 saturated carbocycles. The summed E-state index contributed by atoms with van der Waals surface area (Å²) in [5.74, 6) is 0.918. The number of likely N-dealkylation sites (tertiary alicyclic amines) is 1. The zero-order valence-electron chi connectivity index (χ0n) is 17.5. The normalized spacial score (nSPS) is 15.2. The van der Waals surface area contributed by atoms with E-state index in [0.29, 0.717) is 13.2 Å². The molecule has 0 bridgehead atoms. The quantitative estimate of drug-likeness (QED) is 0.509. The van der Waals surface area contributed by atoms with E-state index in [1.54, 1.807) is 0 Å². The van der Waals surface area contributed by atoms with Crippen LogP contribution in [0.5, 0.6) is 5.75 Å². The molecule has 0 amide bonds. The molecule has 1 heterocycles. The topological polar surface area (TPSA) is 38.8 Å². The van der Waals surface area contributed by atoms with Crippen LogP contribution in [0.1, 0.15) is 30.9 Å². The van der Waals surface area contributed by atoms with Gasteiger partial charge in [-0.05, 0) is 55.3 Å². The van der Waals surface area contributed by atoms with E-state index in [1.807, 2.05) is 25.1 Å². The van der Waals surface area contributed by atoms with Crippen LogP contribution in [0.15, 0.2) is 66.7 Å². The Morgan fingerprint density at radius 1 is 0.967 bits per heavy atom. The Morgan fingerprint density at radius 3 is 2.47 bits per heavy atom. The molecule has 30 heavy (non-hydrogen) atoms. The lowest BCUT2D eigenvalue weighted by Crippen LogP contribution is -2.36. The first-order chi connectivity index (χ1) is 14.7. The van der Waals surface area contributed by atoms with Crippen molar-refractivity contribution >= 4 is 16.7 Å². The molecular weight excluding hydrogens is 374 g/mol. The minimum absolute atomic E-state index is 0.0301. The zero-order chi connectivity index (χ0) is 20.8. The van der Waals surface area contributed by atoms with Crippen LogP contribution in [0.2, 0.25) is 0 Å². The number of benzene rings is 3. The van der Waals surface area contributed by atoms with Gasteiger partial charge in [0.1, 0.15) is 12.4 Å². The molecular formula is C26H29NO3. The fourth-order valence-corrected chi connectivity index (χ4v) is 4.16. The minimum atomic E-state index is -0.0470. The fourth-order valence-electron chi connectivity index (χ4n) is 4.16. The van der Waals surface area contributed by atoms with Gasteiger partial charge in [-0.3, -0.25) is 9.69 Å². The number of piperidine rings is 1. The molecule has 0 unspecified atom stereocenters. The molecule has 1 aliphatic rings. The Labute approximate surface area is 178 Å². The maximum atomic E-state index is 12.1. The number of rotatable bonds is 7. The monoisotopic (exact) mass is 403 g/mol. The van der Waals surface area contributed by atoms with E-state index in [0.717, 1.165) is 43.8 Å². The molecule has 4 nitrogen and oxygen atoms in total. The molecule has 4 heteroatoms. The lowest BCUT2D eigenvalue weighted by Gasteiger charge is -2.31. The second-order valence-electron chi connectivity index (χ2n) is 7.84. The number of fused-ring (bicyclic) bond motifs is 1. The molecule has 0 aromatic heterocycles. The highest BCUT2D eigenvalue weighted by atomic mass is 16.5. The van der Waals surface area contributed by atoms with E-state index in [1.165, 1.54) is 16.3 Å². The van der Waals surface area contributed by atoms with Crippen molar-refractivity contribution in [3.05, 3.63) is 77.9 Å². The van der Waals surface area contributed by atoms with Gasteiger partial charge in [0, 0.05) is 12.1 Å². The summed E-state index contributed by atoms with van der Waals surface area (Å²) >= 11 is 0. The molecule has 156 valence electrons. The number of hydrogen-bond acceptors (Lipinski definition) is 4. The predicted molar refractivity (Wildman–Crippen MR) is 119 cm³/mol. The smallest absolute Gasteiger partial charge is 0.309 e. The Balaban J connectivity index is 1.51. The van der Waals surface area contributed by atoms with Crippen molar-refractivity contribution in [2.24, 2.45) is 5.92 Å². The number of carbonyl (C=O) groups excluding carboxylic acids is 1. The zero-order valence-corrected chi connectivity index (χ0v) is 17.5. The summed E-state index contributed by atoms with van der Waals surface area (Å²) in [6.07, 6.45) is 1.70. The molecule has 1 aliphatic heterocycles. The third kappa shape index (κ3) is 4.82. The van der Waals surface area contributed by atoms with E-state index in [2.05, 4.69) is 53.4 Å². The van der Waals surface area contributed by atoms with Crippen LogP contribution < -0.4 is 4.74 Å². The molecule has 1 fully saturated rings. The van der Waals surface area contributed by atoms with Crippen molar-refractivity contribution < 1.29 is 14.3 Å². The maximum absolute atomic E-state index is 12.1. The Morgan fingerprint density at radius 2 is 1.70 bits per heavy atom. The molecule has 4 rings (SSSR count). The number of carbonyl (C=O) groups is 1. The van der Waals surface area contributed by atoms with Gasteiger partial charge in [-0.25, -0.2) is 0 Å². The number of nitrogens with zero attached hydrogens (tertiary/aromatic N) is 1. The molecule has 3 aromatic rings. The first-order valence-corrected chi connectivity index (χ1v) is 10.8. The van der Waals surface area contributed by atoms with E-state index in [9.17, 15) is 4.79 Å². The van der Waals surface area contributed by atoms with E-state index in [4.69, 9.17) is 9.47 Å². The van der Waals surface area contributed by atoms with Crippen LogP contribution in [0.25, 0.3) is 10.8 Å². The molecule has 0 aliphatic carbocycles. The summed E-state index contributed by atoms with van der Waals surface area (Å²) in [5.41, 5.74) is 2.38. The summed E-state index contributed by atoms with van der Waals surface area (Å²) in [6, 6.07) is 22.9. The van der Waals surface area contributed by atoms with Gasteiger partial charge in [-0.2, -0.15) is 0 Å². The first kappa shape index (κ1) is 20.4. The standard InChI is InChI=1S/C26H29NO3/c1-2-29-26(28)22-14-16-27(17-15-22)18-24-23-11-7-6-10-21(23)12-13-25(24)30-19-20-8-4-3-5-9-20/h3-13,22H,2,14-19H2,1H3. The van der Waals surface area contributed by atoms with Gasteiger partial charge >= 0.3 is 5.97 Å². The number of ether oxygens (including phenoxy) is 2. The average molecular weight is 404 g/mol. The van der Waals surface area contributed by atoms with E-state index in [-0.39, 0.29) is 11.9 Å². The maximum Gasteiger partial charge on any atom is 0.309 e. The molecule has 3 aromatic carbocycles. The third-order valence-electron chi connectivity index (χ3n) is 5.82. The summed E-state index contributed by atoms with van der Waals surface area (Å²) < 4.78 is 11.5. The van der Waals surface area contributed by atoms with Crippen molar-refractivity contribution in [1.82, 2.24) is 4.90 Å². The van der Waals surface area contributed by atoms with Crippen LogP contribution in [0.4, 0.5) is 0 Å². The van der Waals surface area contributed by atoms with Gasteiger partial charge in [0.05, 0.1) is 12.5 Å². The highest BCUT2D eigenvalue weighted by molar-refractivity contribution is 5.87. The van der Waals surface area contributed by atoms with Gasteiger partial charge in [0.25, 0.3) is 0 Å². The third-order valence-corrected chi connectivity index (χ3v) is 5.82. The Hall–Kier alpha value is -2.85. The van der Waals surface area contributed by atoms with Crippen molar-refractivity contribution in [2.45, 2.75) is 32.9 Å². The van der Waals surface area contributed by atoms with Crippen molar-refractivity contribution in [3.63, 3.8) is 0 Å². The molecule has 0 radical (unpaired) electrons. The van der Waals surface area contributed by atoms with Crippen LogP contribution in [0.3, 0.4) is 0 Å². The van der Waals surface area contributed by atoms with Crippen molar-refractivity contribution in [3.8, 4) is 5.75 Å². The SMILES string of the molecule is CCOC(=O)C1CCN(Cc2c(OCc3ccccc3)ccc3ccccc23)CC1. The summed E-state index contributed by atoms with van der Waals surface area (Å²) in [6.45, 7) is 5.48. The van der Waals surface area contributed by atoms with E-state index >= 15 is 0 Å². The Bertz CT molecular complexity index is 978. The van der Waals surface area contributed by atoms with Crippen molar-refractivity contribution in [1.29, 1.82) is 0 Å². The van der Waals surface area contributed by atoms with E-state index < -0.39 is 0 Å². The molecule has 0 N–H and O–H groups in total. The summed E-state index contributed by atoms with van der Waals surface area (Å²) in [5, 5.41) is 2.46. The molecule has 0 spiro atoms. The summed E-state index contributed by atoms with van der Waals surface area (Å²) in [4.78, 5) is 14.5. The fraction of sp³-hybridized carbons (Fsp3) is 0.346. The summed E-state index contributed by atoms with van der Waals surface area (Å²) in [7, 11) is 0. The van der Waals surface area contributed by atoms with Crippen LogP contribution in [-0.2, 0) is 22.7 Å².